The molecule has 1 atom stereocenters. The number of hydrogen-bond donors (Lipinski definition) is 1. The monoisotopic (exact) mass is 396 g/mol. The Balaban J connectivity index is 2.46. The minimum atomic E-state index is -3.83. The van der Waals surface area contributed by atoms with Crippen LogP contribution in [0.25, 0.3) is 0 Å². The Bertz CT molecular complexity index is 941. The predicted molar refractivity (Wildman–Crippen MR) is 102 cm³/mol. The van der Waals surface area contributed by atoms with Crippen molar-refractivity contribution in [2.75, 3.05) is 15.9 Å². The summed E-state index contributed by atoms with van der Waals surface area (Å²) >= 11 is 0. The van der Waals surface area contributed by atoms with E-state index in [1.54, 1.807) is 25.1 Å². The van der Waals surface area contributed by atoms with Crippen LogP contribution in [-0.4, -0.2) is 26.6 Å². The second kappa shape index (κ2) is 8.04. The second-order valence-electron chi connectivity index (χ2n) is 6.34. The summed E-state index contributed by atoms with van der Waals surface area (Å²) in [5.41, 5.74) is 1.54. The van der Waals surface area contributed by atoms with Gasteiger partial charge in [-0.15, -0.1) is 0 Å². The summed E-state index contributed by atoms with van der Waals surface area (Å²) in [7, 11) is -3.83. The third-order valence-electron chi connectivity index (χ3n) is 4.29. The van der Waals surface area contributed by atoms with Gasteiger partial charge < -0.3 is 5.32 Å². The number of anilines is 2. The normalized spacial score (nSPS) is 12.5. The number of rotatable bonds is 6. The van der Waals surface area contributed by atoms with Gasteiger partial charge in [-0.2, -0.15) is 0 Å². The third kappa shape index (κ3) is 4.63. The van der Waals surface area contributed by atoms with E-state index >= 15 is 0 Å². The molecule has 5 nitrogen and oxygen atoms in total. The summed E-state index contributed by atoms with van der Waals surface area (Å²) in [6.45, 7) is 5.34. The molecule has 2 aromatic carbocycles. The number of aryl methyl sites for hydroxylation is 2. The Hall–Kier alpha value is -2.48. The van der Waals surface area contributed by atoms with Crippen LogP contribution in [0.15, 0.2) is 36.4 Å². The van der Waals surface area contributed by atoms with Gasteiger partial charge >= 0.3 is 0 Å². The number of benzene rings is 2. The Kier molecular flexibility index (Phi) is 6.20. The molecule has 0 aliphatic carbocycles. The summed E-state index contributed by atoms with van der Waals surface area (Å²) in [6.07, 6.45) is 1.10. The van der Waals surface area contributed by atoms with E-state index in [1.165, 1.54) is 6.07 Å². The van der Waals surface area contributed by atoms with Gasteiger partial charge in [0.05, 0.1) is 11.9 Å². The van der Waals surface area contributed by atoms with Crippen molar-refractivity contribution in [1.82, 2.24) is 0 Å². The number of sulfonamides is 1. The van der Waals surface area contributed by atoms with Crippen molar-refractivity contribution in [2.24, 2.45) is 0 Å². The molecule has 0 fully saturated rings. The molecule has 0 unspecified atom stereocenters. The van der Waals surface area contributed by atoms with Crippen molar-refractivity contribution < 1.29 is 22.0 Å². The zero-order chi connectivity index (χ0) is 20.4. The number of amides is 1. The largest absolute Gasteiger partial charge is 0.319 e. The van der Waals surface area contributed by atoms with Crippen molar-refractivity contribution in [3.05, 3.63) is 59.2 Å². The number of nitrogens with zero attached hydrogens (tertiary/aromatic N) is 1. The van der Waals surface area contributed by atoms with E-state index in [4.69, 9.17) is 0 Å². The lowest BCUT2D eigenvalue weighted by atomic mass is 10.1. The summed E-state index contributed by atoms with van der Waals surface area (Å²) in [5, 5.41) is 2.18. The first-order valence-electron chi connectivity index (χ1n) is 8.37. The van der Waals surface area contributed by atoms with Crippen LogP contribution in [-0.2, 0) is 14.8 Å². The Morgan fingerprint density at radius 1 is 1.11 bits per heavy atom. The van der Waals surface area contributed by atoms with Gasteiger partial charge in [0, 0.05) is 0 Å². The average molecular weight is 396 g/mol. The fourth-order valence-corrected chi connectivity index (χ4v) is 3.95. The lowest BCUT2D eigenvalue weighted by Crippen LogP contribution is -2.47. The van der Waals surface area contributed by atoms with Gasteiger partial charge in [-0.1, -0.05) is 19.1 Å². The molecule has 0 saturated carbocycles. The van der Waals surface area contributed by atoms with Crippen molar-refractivity contribution in [1.29, 1.82) is 0 Å². The Morgan fingerprint density at radius 2 is 1.70 bits per heavy atom. The summed E-state index contributed by atoms with van der Waals surface area (Å²) in [4.78, 5) is 12.7. The summed E-state index contributed by atoms with van der Waals surface area (Å²) < 4.78 is 53.5. The van der Waals surface area contributed by atoms with E-state index in [2.05, 4.69) is 5.32 Å². The number of carbonyl (C=O) groups excluding carboxylic acids is 1. The van der Waals surface area contributed by atoms with Crippen LogP contribution in [0.3, 0.4) is 0 Å². The van der Waals surface area contributed by atoms with Crippen molar-refractivity contribution in [3.63, 3.8) is 0 Å². The molecule has 8 heteroatoms. The molecule has 0 aliphatic rings. The number of para-hydroxylation sites is 1. The molecule has 2 aromatic rings. The lowest BCUT2D eigenvalue weighted by Gasteiger charge is -2.30. The first-order chi connectivity index (χ1) is 12.6. The molecule has 0 aromatic heterocycles. The van der Waals surface area contributed by atoms with Crippen LogP contribution in [0.4, 0.5) is 20.2 Å². The molecule has 1 amide bonds. The molecular formula is C19H22F2N2O3S. The van der Waals surface area contributed by atoms with E-state index < -0.39 is 39.3 Å². The van der Waals surface area contributed by atoms with Crippen LogP contribution in [0, 0.1) is 25.5 Å². The molecule has 0 radical (unpaired) electrons. The molecule has 27 heavy (non-hydrogen) atoms. The van der Waals surface area contributed by atoms with Gasteiger partial charge in [-0.3, -0.25) is 9.10 Å². The molecule has 0 aliphatic heterocycles. The quantitative estimate of drug-likeness (QED) is 0.808. The highest BCUT2D eigenvalue weighted by molar-refractivity contribution is 7.92. The van der Waals surface area contributed by atoms with Crippen LogP contribution in [0.5, 0.6) is 0 Å². The van der Waals surface area contributed by atoms with Gasteiger partial charge in [0.2, 0.25) is 15.9 Å². The number of halogens is 2. The number of carbonyl (C=O) groups is 1. The average Bonchev–Trinajstić information content (AvgIpc) is 2.57. The van der Waals surface area contributed by atoms with E-state index in [1.807, 2.05) is 13.8 Å². The molecule has 1 N–H and O–H groups in total. The molecule has 0 bridgehead atoms. The molecular weight excluding hydrogens is 374 g/mol. The van der Waals surface area contributed by atoms with Gasteiger partial charge in [-0.25, -0.2) is 17.2 Å². The smallest absolute Gasteiger partial charge is 0.248 e. The van der Waals surface area contributed by atoms with Crippen molar-refractivity contribution in [3.8, 4) is 0 Å². The van der Waals surface area contributed by atoms with Crippen molar-refractivity contribution in [2.45, 2.75) is 33.2 Å². The van der Waals surface area contributed by atoms with Gasteiger partial charge in [-0.05, 0) is 55.7 Å². The Labute approximate surface area is 158 Å². The minimum absolute atomic E-state index is 0.113. The maximum Gasteiger partial charge on any atom is 0.248 e. The number of nitrogens with one attached hydrogen (secondary N) is 1. The molecule has 0 heterocycles. The zero-order valence-electron chi connectivity index (χ0n) is 15.6. The number of hydrogen-bond acceptors (Lipinski definition) is 3. The standard InChI is InChI=1S/C19H22F2N2O3S/c1-5-17(19(24)22-18-15(20)7-6-8-16(18)21)23(27(4,25)26)14-10-9-12(2)13(3)11-14/h6-11,17H,5H2,1-4H3,(H,22,24)/t17-/m0/s1. The van der Waals surface area contributed by atoms with Gasteiger partial charge in [0.25, 0.3) is 0 Å². The maximum atomic E-state index is 13.8. The van der Waals surface area contributed by atoms with Crippen molar-refractivity contribution >= 4 is 27.3 Å². The third-order valence-corrected chi connectivity index (χ3v) is 5.47. The first kappa shape index (κ1) is 20.8. The van der Waals surface area contributed by atoms with Gasteiger partial charge in [0.1, 0.15) is 23.4 Å². The summed E-state index contributed by atoms with van der Waals surface area (Å²) in [5.74, 6) is -2.68. The molecule has 0 spiro atoms. The summed E-state index contributed by atoms with van der Waals surface area (Å²) in [6, 6.07) is 7.05. The van der Waals surface area contributed by atoms with Gasteiger partial charge in [0.15, 0.2) is 0 Å². The van der Waals surface area contributed by atoms with Crippen LogP contribution < -0.4 is 9.62 Å². The topological polar surface area (TPSA) is 66.5 Å². The van der Waals surface area contributed by atoms with E-state index in [0.29, 0.717) is 5.69 Å². The molecule has 0 saturated heterocycles. The second-order valence-corrected chi connectivity index (χ2v) is 8.20. The highest BCUT2D eigenvalue weighted by Gasteiger charge is 2.32. The first-order valence-corrected chi connectivity index (χ1v) is 10.2. The van der Waals surface area contributed by atoms with E-state index in [0.717, 1.165) is 33.8 Å². The fourth-order valence-electron chi connectivity index (χ4n) is 2.75. The highest BCUT2D eigenvalue weighted by Crippen LogP contribution is 2.26. The highest BCUT2D eigenvalue weighted by atomic mass is 32.2. The van der Waals surface area contributed by atoms with Crippen LogP contribution >= 0.6 is 0 Å². The maximum absolute atomic E-state index is 13.8. The van der Waals surface area contributed by atoms with Crippen LogP contribution in [0.1, 0.15) is 24.5 Å². The van der Waals surface area contributed by atoms with Crippen LogP contribution in [0.2, 0.25) is 0 Å². The molecule has 146 valence electrons. The molecule has 2 rings (SSSR count). The Morgan fingerprint density at radius 3 is 2.19 bits per heavy atom. The predicted octanol–water partition coefficient (Wildman–Crippen LogP) is 3.76. The van der Waals surface area contributed by atoms with E-state index in [-0.39, 0.29) is 6.42 Å². The lowest BCUT2D eigenvalue weighted by molar-refractivity contribution is -0.117. The van der Waals surface area contributed by atoms with E-state index in [9.17, 15) is 22.0 Å². The fraction of sp³-hybridized carbons (Fsp3) is 0.316. The SMILES string of the molecule is CC[C@@H](C(=O)Nc1c(F)cccc1F)N(c1ccc(C)c(C)c1)S(C)(=O)=O. The zero-order valence-corrected chi connectivity index (χ0v) is 16.4. The minimum Gasteiger partial charge on any atom is -0.319 e.